The predicted molar refractivity (Wildman–Crippen MR) is 81.0 cm³/mol. The van der Waals surface area contributed by atoms with E-state index in [1.54, 1.807) is 7.11 Å². The van der Waals surface area contributed by atoms with Crippen LogP contribution in [-0.4, -0.2) is 14.2 Å². The van der Waals surface area contributed by atoms with Gasteiger partial charge in [0, 0.05) is 25.0 Å². The van der Waals surface area contributed by atoms with Gasteiger partial charge in [-0.05, 0) is 35.9 Å². The zero-order chi connectivity index (χ0) is 13.8. The van der Waals surface area contributed by atoms with Crippen molar-refractivity contribution in [3.05, 3.63) is 53.1 Å². The first kappa shape index (κ1) is 13.6. The van der Waals surface area contributed by atoms with Crippen LogP contribution < -0.4 is 15.4 Å². The van der Waals surface area contributed by atoms with Crippen molar-refractivity contribution < 1.29 is 4.74 Å². The molecule has 0 aliphatic heterocycles. The SMILES string of the molecule is COc1ccc(N(C)Cc2ccc(N)cc2)cc1Cl. The number of hydrogen-bond acceptors (Lipinski definition) is 3. The minimum Gasteiger partial charge on any atom is -0.495 e. The molecule has 19 heavy (non-hydrogen) atoms. The number of nitrogen functional groups attached to an aromatic ring is 1. The van der Waals surface area contributed by atoms with Gasteiger partial charge in [0.1, 0.15) is 5.75 Å². The molecule has 0 aliphatic rings. The maximum atomic E-state index is 6.13. The van der Waals surface area contributed by atoms with E-state index in [0.29, 0.717) is 10.8 Å². The number of rotatable bonds is 4. The van der Waals surface area contributed by atoms with Gasteiger partial charge in [-0.25, -0.2) is 0 Å². The lowest BCUT2D eigenvalue weighted by Gasteiger charge is -2.20. The van der Waals surface area contributed by atoms with Gasteiger partial charge in [0.2, 0.25) is 0 Å². The zero-order valence-corrected chi connectivity index (χ0v) is 11.8. The zero-order valence-electron chi connectivity index (χ0n) is 11.1. The largest absolute Gasteiger partial charge is 0.495 e. The molecule has 0 aliphatic carbocycles. The van der Waals surface area contributed by atoms with Gasteiger partial charge >= 0.3 is 0 Å². The highest BCUT2D eigenvalue weighted by atomic mass is 35.5. The Bertz CT molecular complexity index is 555. The second kappa shape index (κ2) is 5.85. The van der Waals surface area contributed by atoms with E-state index in [-0.39, 0.29) is 0 Å². The highest BCUT2D eigenvalue weighted by Gasteiger charge is 2.06. The summed E-state index contributed by atoms with van der Waals surface area (Å²) < 4.78 is 5.15. The number of hydrogen-bond donors (Lipinski definition) is 1. The molecule has 0 saturated carbocycles. The number of nitrogens with two attached hydrogens (primary N) is 1. The van der Waals surface area contributed by atoms with Crippen LogP contribution in [0.5, 0.6) is 5.75 Å². The van der Waals surface area contributed by atoms with Gasteiger partial charge in [-0.1, -0.05) is 23.7 Å². The van der Waals surface area contributed by atoms with Crippen molar-refractivity contribution >= 4 is 23.0 Å². The summed E-state index contributed by atoms with van der Waals surface area (Å²) in [5.41, 5.74) is 8.69. The van der Waals surface area contributed by atoms with Crippen LogP contribution in [0.3, 0.4) is 0 Å². The average molecular weight is 277 g/mol. The minimum absolute atomic E-state index is 0.615. The van der Waals surface area contributed by atoms with Gasteiger partial charge in [0.05, 0.1) is 12.1 Å². The summed E-state index contributed by atoms with van der Waals surface area (Å²) in [6.45, 7) is 0.795. The second-order valence-corrected chi connectivity index (χ2v) is 4.82. The van der Waals surface area contributed by atoms with Crippen LogP contribution in [0.2, 0.25) is 5.02 Å². The molecule has 2 N–H and O–H groups in total. The van der Waals surface area contributed by atoms with Gasteiger partial charge in [0.15, 0.2) is 0 Å². The highest BCUT2D eigenvalue weighted by molar-refractivity contribution is 6.32. The van der Waals surface area contributed by atoms with E-state index >= 15 is 0 Å². The van der Waals surface area contributed by atoms with Crippen molar-refractivity contribution in [2.45, 2.75) is 6.54 Å². The van der Waals surface area contributed by atoms with Crippen LogP contribution in [0, 0.1) is 0 Å². The fraction of sp³-hybridized carbons (Fsp3) is 0.200. The number of anilines is 2. The van der Waals surface area contributed by atoms with Crippen molar-refractivity contribution in [1.82, 2.24) is 0 Å². The maximum Gasteiger partial charge on any atom is 0.137 e. The van der Waals surface area contributed by atoms with Gasteiger partial charge in [-0.2, -0.15) is 0 Å². The molecule has 0 heterocycles. The Kier molecular flexibility index (Phi) is 4.17. The monoisotopic (exact) mass is 276 g/mol. The number of methoxy groups -OCH3 is 1. The molecule has 100 valence electrons. The quantitative estimate of drug-likeness (QED) is 0.868. The van der Waals surface area contributed by atoms with E-state index in [4.69, 9.17) is 22.1 Å². The molecule has 0 radical (unpaired) electrons. The molecule has 0 spiro atoms. The third-order valence-electron chi connectivity index (χ3n) is 2.98. The van der Waals surface area contributed by atoms with Crippen LogP contribution in [0.15, 0.2) is 42.5 Å². The molecule has 0 saturated heterocycles. The number of benzene rings is 2. The molecule has 2 aromatic carbocycles. The van der Waals surface area contributed by atoms with Crippen molar-refractivity contribution in [3.8, 4) is 5.75 Å². The minimum atomic E-state index is 0.615. The molecular formula is C15H17ClN2O. The maximum absolute atomic E-state index is 6.13. The van der Waals surface area contributed by atoms with E-state index in [1.165, 1.54) is 5.56 Å². The molecule has 4 heteroatoms. The molecule has 0 unspecified atom stereocenters. The molecule has 2 aromatic rings. The summed E-state index contributed by atoms with van der Waals surface area (Å²) in [6, 6.07) is 13.6. The normalized spacial score (nSPS) is 10.3. The summed E-state index contributed by atoms with van der Waals surface area (Å²) in [5, 5.41) is 0.615. The Balaban J connectivity index is 2.13. The van der Waals surface area contributed by atoms with Gasteiger partial charge < -0.3 is 15.4 Å². The fourth-order valence-electron chi connectivity index (χ4n) is 1.88. The Hall–Kier alpha value is -1.87. The fourth-order valence-corrected chi connectivity index (χ4v) is 2.13. The van der Waals surface area contributed by atoms with Gasteiger partial charge in [-0.15, -0.1) is 0 Å². The standard InChI is InChI=1S/C15H17ClN2O/c1-18(10-11-3-5-12(17)6-4-11)13-7-8-15(19-2)14(16)9-13/h3-9H,10,17H2,1-2H3. The topological polar surface area (TPSA) is 38.5 Å². The van der Waals surface area contributed by atoms with E-state index in [2.05, 4.69) is 4.90 Å². The van der Waals surface area contributed by atoms with Crippen LogP contribution in [0.1, 0.15) is 5.56 Å². The first-order valence-electron chi connectivity index (χ1n) is 5.99. The summed E-state index contributed by atoms with van der Waals surface area (Å²) in [7, 11) is 3.63. The Labute approximate surface area is 118 Å². The van der Waals surface area contributed by atoms with Crippen LogP contribution in [-0.2, 0) is 6.54 Å². The van der Waals surface area contributed by atoms with Crippen molar-refractivity contribution in [2.24, 2.45) is 0 Å². The smallest absolute Gasteiger partial charge is 0.137 e. The van der Waals surface area contributed by atoms with E-state index in [1.807, 2.05) is 49.5 Å². The van der Waals surface area contributed by atoms with Gasteiger partial charge in [-0.3, -0.25) is 0 Å². The highest BCUT2D eigenvalue weighted by Crippen LogP contribution is 2.29. The summed E-state index contributed by atoms with van der Waals surface area (Å²) in [5.74, 6) is 0.686. The second-order valence-electron chi connectivity index (χ2n) is 4.42. The van der Waals surface area contributed by atoms with Crippen molar-refractivity contribution in [1.29, 1.82) is 0 Å². The van der Waals surface area contributed by atoms with E-state index in [9.17, 15) is 0 Å². The molecule has 3 nitrogen and oxygen atoms in total. The Morgan fingerprint density at radius 3 is 2.42 bits per heavy atom. The molecule has 2 rings (SSSR count). The first-order valence-corrected chi connectivity index (χ1v) is 6.37. The molecule has 0 bridgehead atoms. The van der Waals surface area contributed by atoms with E-state index in [0.717, 1.165) is 17.9 Å². The number of halogens is 1. The molecular weight excluding hydrogens is 260 g/mol. The number of nitrogens with zero attached hydrogens (tertiary/aromatic N) is 1. The van der Waals surface area contributed by atoms with Crippen LogP contribution >= 0.6 is 11.6 Å². The van der Waals surface area contributed by atoms with Gasteiger partial charge in [0.25, 0.3) is 0 Å². The van der Waals surface area contributed by atoms with Crippen molar-refractivity contribution in [3.63, 3.8) is 0 Å². The van der Waals surface area contributed by atoms with E-state index < -0.39 is 0 Å². The summed E-state index contributed by atoms with van der Waals surface area (Å²) in [6.07, 6.45) is 0. The lowest BCUT2D eigenvalue weighted by atomic mass is 10.2. The third-order valence-corrected chi connectivity index (χ3v) is 3.27. The first-order chi connectivity index (χ1) is 9.10. The Morgan fingerprint density at radius 1 is 1.16 bits per heavy atom. The summed E-state index contributed by atoms with van der Waals surface area (Å²) in [4.78, 5) is 2.12. The van der Waals surface area contributed by atoms with Crippen molar-refractivity contribution in [2.75, 3.05) is 24.8 Å². The summed E-state index contributed by atoms with van der Waals surface area (Å²) >= 11 is 6.13. The lowest BCUT2D eigenvalue weighted by Crippen LogP contribution is -2.16. The average Bonchev–Trinajstić information content (AvgIpc) is 2.41. The molecule has 0 aromatic heterocycles. The van der Waals surface area contributed by atoms with Crippen LogP contribution in [0.4, 0.5) is 11.4 Å². The van der Waals surface area contributed by atoms with Crippen LogP contribution in [0.25, 0.3) is 0 Å². The molecule has 0 fully saturated rings. The predicted octanol–water partition coefficient (Wildman–Crippen LogP) is 3.57. The molecule has 0 amide bonds. The molecule has 0 atom stereocenters. The lowest BCUT2D eigenvalue weighted by molar-refractivity contribution is 0.415. The number of ether oxygens (including phenoxy) is 1. The third kappa shape index (κ3) is 3.32. The Morgan fingerprint density at radius 2 is 1.84 bits per heavy atom.